The van der Waals surface area contributed by atoms with E-state index in [2.05, 4.69) is 20.9 Å². The molecule has 1 rings (SSSR count). The molecule has 0 aliphatic carbocycles. The third kappa shape index (κ3) is 1.39. The van der Waals surface area contributed by atoms with E-state index >= 15 is 0 Å². The number of anilines is 1. The average Bonchev–Trinajstić information content (AvgIpc) is 2.01. The van der Waals surface area contributed by atoms with Gasteiger partial charge in [0, 0.05) is 5.56 Å². The maximum absolute atomic E-state index is 5.74. The van der Waals surface area contributed by atoms with E-state index in [1.807, 2.05) is 13.8 Å². The molecule has 0 aliphatic rings. The van der Waals surface area contributed by atoms with Gasteiger partial charge in [-0.05, 0) is 29.8 Å². The van der Waals surface area contributed by atoms with Crippen molar-refractivity contribution in [3.05, 3.63) is 15.9 Å². The summed E-state index contributed by atoms with van der Waals surface area (Å²) in [4.78, 5) is 4.17. The Hall–Kier alpha value is -0.770. The van der Waals surface area contributed by atoms with Gasteiger partial charge in [0.15, 0.2) is 0 Å². The number of nitrogens with two attached hydrogens (primary N) is 1. The van der Waals surface area contributed by atoms with Gasteiger partial charge in [0.1, 0.15) is 10.4 Å². The Bertz CT molecular complexity index is 312. The van der Waals surface area contributed by atoms with E-state index in [0.717, 1.165) is 17.0 Å². The van der Waals surface area contributed by atoms with Gasteiger partial charge < -0.3 is 10.5 Å². The van der Waals surface area contributed by atoms with Gasteiger partial charge in [-0.3, -0.25) is 0 Å². The third-order valence-corrected chi connectivity index (χ3v) is 2.37. The molecule has 12 heavy (non-hydrogen) atoms. The lowest BCUT2D eigenvalue weighted by atomic mass is 10.2. The van der Waals surface area contributed by atoms with Gasteiger partial charge >= 0.3 is 0 Å². The number of aromatic nitrogens is 1. The predicted molar refractivity (Wildman–Crippen MR) is 52.4 cm³/mol. The predicted octanol–water partition coefficient (Wildman–Crippen LogP) is 2.05. The number of ether oxygens (including phenoxy) is 1. The molecule has 0 fully saturated rings. The number of nitrogens with zero attached hydrogens (tertiary/aromatic N) is 1. The zero-order chi connectivity index (χ0) is 9.30. The molecular formula is C8H11BrN2O. The summed E-state index contributed by atoms with van der Waals surface area (Å²) in [6.07, 6.45) is 0. The molecule has 0 saturated heterocycles. The number of pyridine rings is 1. The van der Waals surface area contributed by atoms with Crippen molar-refractivity contribution in [3.8, 4) is 5.75 Å². The maximum atomic E-state index is 5.74. The van der Waals surface area contributed by atoms with Crippen LogP contribution in [0.1, 0.15) is 11.3 Å². The highest BCUT2D eigenvalue weighted by Gasteiger charge is 2.10. The molecule has 0 aliphatic heterocycles. The van der Waals surface area contributed by atoms with Crippen LogP contribution >= 0.6 is 15.9 Å². The first-order chi connectivity index (χ1) is 5.57. The molecule has 0 amide bonds. The first-order valence-electron chi connectivity index (χ1n) is 3.54. The molecular weight excluding hydrogens is 220 g/mol. The lowest BCUT2D eigenvalue weighted by Gasteiger charge is -2.10. The molecule has 1 aromatic heterocycles. The molecule has 0 saturated carbocycles. The molecule has 0 bridgehead atoms. The number of hydrogen-bond donors (Lipinski definition) is 1. The van der Waals surface area contributed by atoms with Crippen LogP contribution < -0.4 is 10.5 Å². The van der Waals surface area contributed by atoms with Crippen molar-refractivity contribution in [1.29, 1.82) is 0 Å². The second kappa shape index (κ2) is 3.31. The summed E-state index contributed by atoms with van der Waals surface area (Å²) in [7, 11) is 1.62. The van der Waals surface area contributed by atoms with Gasteiger partial charge in [-0.25, -0.2) is 4.98 Å². The number of halogens is 1. The quantitative estimate of drug-likeness (QED) is 0.752. The Morgan fingerprint density at radius 2 is 2.00 bits per heavy atom. The molecule has 1 aromatic rings. The minimum absolute atomic E-state index is 0.637. The van der Waals surface area contributed by atoms with Crippen LogP contribution in [0.3, 0.4) is 0 Å². The summed E-state index contributed by atoms with van der Waals surface area (Å²) in [6.45, 7) is 3.80. The summed E-state index contributed by atoms with van der Waals surface area (Å²) in [6, 6.07) is 0. The van der Waals surface area contributed by atoms with Gasteiger partial charge in [-0.2, -0.15) is 0 Å². The number of methoxy groups -OCH3 is 1. The van der Waals surface area contributed by atoms with E-state index in [1.54, 1.807) is 7.11 Å². The highest BCUT2D eigenvalue weighted by Crippen LogP contribution is 2.30. The minimum atomic E-state index is 0.637. The fraction of sp³-hybridized carbons (Fsp3) is 0.375. The van der Waals surface area contributed by atoms with Crippen molar-refractivity contribution in [2.24, 2.45) is 0 Å². The summed E-state index contributed by atoms with van der Waals surface area (Å²) < 4.78 is 5.83. The van der Waals surface area contributed by atoms with E-state index < -0.39 is 0 Å². The molecule has 1 heterocycles. The Morgan fingerprint density at radius 3 is 2.50 bits per heavy atom. The molecule has 0 spiro atoms. The molecule has 3 nitrogen and oxygen atoms in total. The summed E-state index contributed by atoms with van der Waals surface area (Å²) in [5, 5.41) is 0. The van der Waals surface area contributed by atoms with Gasteiger partial charge in [0.05, 0.1) is 18.5 Å². The standard InChI is InChI=1S/C8H11BrN2O/c1-4-6(10)8(9)11-5(2)7(4)12-3/h10H2,1-3H3. The van der Waals surface area contributed by atoms with Crippen molar-refractivity contribution >= 4 is 21.6 Å². The zero-order valence-electron chi connectivity index (χ0n) is 7.31. The zero-order valence-corrected chi connectivity index (χ0v) is 8.90. The first-order valence-corrected chi connectivity index (χ1v) is 4.33. The van der Waals surface area contributed by atoms with Gasteiger partial charge in [0.25, 0.3) is 0 Å². The van der Waals surface area contributed by atoms with Crippen LogP contribution in [-0.2, 0) is 0 Å². The fourth-order valence-electron chi connectivity index (χ4n) is 1.11. The van der Waals surface area contributed by atoms with Crippen molar-refractivity contribution in [3.63, 3.8) is 0 Å². The summed E-state index contributed by atoms with van der Waals surface area (Å²) >= 11 is 3.27. The topological polar surface area (TPSA) is 48.1 Å². The monoisotopic (exact) mass is 230 g/mol. The van der Waals surface area contributed by atoms with Crippen molar-refractivity contribution < 1.29 is 4.74 Å². The molecule has 0 radical (unpaired) electrons. The van der Waals surface area contributed by atoms with Crippen LogP contribution in [0.4, 0.5) is 5.69 Å². The molecule has 2 N–H and O–H groups in total. The minimum Gasteiger partial charge on any atom is -0.494 e. The molecule has 0 atom stereocenters. The van der Waals surface area contributed by atoms with Crippen molar-refractivity contribution in [1.82, 2.24) is 4.98 Å². The van der Waals surface area contributed by atoms with Gasteiger partial charge in [-0.15, -0.1) is 0 Å². The highest BCUT2D eigenvalue weighted by atomic mass is 79.9. The van der Waals surface area contributed by atoms with E-state index in [9.17, 15) is 0 Å². The second-order valence-electron chi connectivity index (χ2n) is 2.56. The Labute approximate surface area is 80.1 Å². The van der Waals surface area contributed by atoms with E-state index in [4.69, 9.17) is 10.5 Å². The van der Waals surface area contributed by atoms with E-state index in [1.165, 1.54) is 0 Å². The van der Waals surface area contributed by atoms with Crippen LogP contribution in [0.15, 0.2) is 4.60 Å². The smallest absolute Gasteiger partial charge is 0.145 e. The molecule has 0 aromatic carbocycles. The van der Waals surface area contributed by atoms with Crippen molar-refractivity contribution in [2.75, 3.05) is 12.8 Å². The SMILES string of the molecule is COc1c(C)nc(Br)c(N)c1C. The number of aryl methyl sites for hydroxylation is 1. The fourth-order valence-corrected chi connectivity index (χ4v) is 1.67. The lowest BCUT2D eigenvalue weighted by Crippen LogP contribution is -2.00. The summed E-state index contributed by atoms with van der Waals surface area (Å²) in [5.41, 5.74) is 8.15. The molecule has 66 valence electrons. The Kier molecular flexibility index (Phi) is 2.57. The number of nitrogen functional groups attached to an aromatic ring is 1. The van der Waals surface area contributed by atoms with Crippen molar-refractivity contribution in [2.45, 2.75) is 13.8 Å². The highest BCUT2D eigenvalue weighted by molar-refractivity contribution is 9.10. The van der Waals surface area contributed by atoms with E-state index in [-0.39, 0.29) is 0 Å². The molecule has 4 heteroatoms. The largest absolute Gasteiger partial charge is 0.494 e. The average molecular weight is 231 g/mol. The Balaban J connectivity index is 3.40. The third-order valence-electron chi connectivity index (χ3n) is 1.77. The van der Waals surface area contributed by atoms with Crippen LogP contribution in [-0.4, -0.2) is 12.1 Å². The van der Waals surface area contributed by atoms with Gasteiger partial charge in [-0.1, -0.05) is 0 Å². The normalized spacial score (nSPS) is 10.0. The van der Waals surface area contributed by atoms with Crippen LogP contribution in [0.5, 0.6) is 5.75 Å². The number of rotatable bonds is 1. The van der Waals surface area contributed by atoms with Crippen LogP contribution in [0.25, 0.3) is 0 Å². The van der Waals surface area contributed by atoms with E-state index in [0.29, 0.717) is 10.3 Å². The number of hydrogen-bond acceptors (Lipinski definition) is 3. The second-order valence-corrected chi connectivity index (χ2v) is 3.31. The summed E-state index contributed by atoms with van der Waals surface area (Å²) in [5.74, 6) is 0.760. The Morgan fingerprint density at radius 1 is 1.42 bits per heavy atom. The van der Waals surface area contributed by atoms with Crippen LogP contribution in [0, 0.1) is 13.8 Å². The van der Waals surface area contributed by atoms with Crippen LogP contribution in [0.2, 0.25) is 0 Å². The maximum Gasteiger partial charge on any atom is 0.145 e. The first kappa shape index (κ1) is 9.32. The lowest BCUT2D eigenvalue weighted by molar-refractivity contribution is 0.406. The molecule has 0 unspecified atom stereocenters. The van der Waals surface area contributed by atoms with Gasteiger partial charge in [0.2, 0.25) is 0 Å².